The lowest BCUT2D eigenvalue weighted by molar-refractivity contribution is -0.116. The first-order valence-electron chi connectivity index (χ1n) is 8.66. The monoisotopic (exact) mass is 350 g/mol. The highest BCUT2D eigenvalue weighted by Crippen LogP contribution is 2.23. The molecule has 1 unspecified atom stereocenters. The van der Waals surface area contributed by atoms with Crippen LogP contribution in [0.15, 0.2) is 60.7 Å². The Bertz CT molecular complexity index is 830. The maximum absolute atomic E-state index is 12.6. The highest BCUT2D eigenvalue weighted by Gasteiger charge is 2.17. The summed E-state index contributed by atoms with van der Waals surface area (Å²) in [7, 11) is 1.57. The molecular weight excluding hydrogens is 328 g/mol. The second-order valence-corrected chi connectivity index (χ2v) is 6.25. The van der Waals surface area contributed by atoms with Crippen molar-refractivity contribution in [1.29, 1.82) is 0 Å². The minimum Gasteiger partial charge on any atom is -0.497 e. The van der Waals surface area contributed by atoms with Crippen molar-refractivity contribution in [3.8, 4) is 5.75 Å². The molecule has 1 aliphatic carbocycles. The third-order valence-electron chi connectivity index (χ3n) is 4.33. The average molecular weight is 350 g/mol. The molecule has 0 saturated heterocycles. The van der Waals surface area contributed by atoms with E-state index in [1.807, 2.05) is 0 Å². The molecule has 5 heteroatoms. The lowest BCUT2D eigenvalue weighted by Gasteiger charge is -2.13. The Morgan fingerprint density at radius 1 is 1.12 bits per heavy atom. The average Bonchev–Trinajstić information content (AvgIpc) is 3.15. The number of carbonyl (C=O) groups excluding carboxylic acids is 2. The zero-order chi connectivity index (χ0) is 18.4. The fourth-order valence-electron chi connectivity index (χ4n) is 2.99. The molecule has 3 rings (SSSR count). The van der Waals surface area contributed by atoms with Gasteiger partial charge in [0.1, 0.15) is 5.75 Å². The number of ether oxygens (including phenoxy) is 1. The fraction of sp³-hybridized carbons (Fsp3) is 0.238. The van der Waals surface area contributed by atoms with Gasteiger partial charge in [-0.25, -0.2) is 0 Å². The molecule has 2 amide bonds. The van der Waals surface area contributed by atoms with E-state index < -0.39 is 0 Å². The number of methoxy groups -OCH3 is 1. The van der Waals surface area contributed by atoms with E-state index in [0.29, 0.717) is 29.1 Å². The number of amides is 2. The van der Waals surface area contributed by atoms with Crippen molar-refractivity contribution in [3.63, 3.8) is 0 Å². The zero-order valence-corrected chi connectivity index (χ0v) is 14.7. The number of allylic oxidation sites excluding steroid dienone is 2. The van der Waals surface area contributed by atoms with Gasteiger partial charge in [0.25, 0.3) is 5.91 Å². The van der Waals surface area contributed by atoms with E-state index in [0.717, 1.165) is 12.8 Å². The molecular formula is C21H22N2O3. The van der Waals surface area contributed by atoms with Crippen LogP contribution in [-0.4, -0.2) is 18.9 Å². The van der Waals surface area contributed by atoms with Crippen molar-refractivity contribution >= 4 is 23.2 Å². The molecule has 1 aliphatic rings. The molecule has 1 atom stereocenters. The van der Waals surface area contributed by atoms with Crippen molar-refractivity contribution in [2.45, 2.75) is 19.3 Å². The van der Waals surface area contributed by atoms with Gasteiger partial charge in [0.05, 0.1) is 18.4 Å². The lowest BCUT2D eigenvalue weighted by Crippen LogP contribution is -2.19. The Hall–Kier alpha value is -3.08. The van der Waals surface area contributed by atoms with Crippen LogP contribution in [0.2, 0.25) is 0 Å². The van der Waals surface area contributed by atoms with Crippen molar-refractivity contribution in [1.82, 2.24) is 0 Å². The number of anilines is 2. The van der Waals surface area contributed by atoms with Crippen LogP contribution in [-0.2, 0) is 4.79 Å². The van der Waals surface area contributed by atoms with Gasteiger partial charge in [-0.2, -0.15) is 0 Å². The number of benzene rings is 2. The van der Waals surface area contributed by atoms with Gasteiger partial charge in [0, 0.05) is 18.2 Å². The maximum Gasteiger partial charge on any atom is 0.257 e. The summed E-state index contributed by atoms with van der Waals surface area (Å²) in [6, 6.07) is 14.1. The number of rotatable bonds is 6. The van der Waals surface area contributed by atoms with Gasteiger partial charge < -0.3 is 15.4 Å². The molecule has 0 bridgehead atoms. The molecule has 5 nitrogen and oxygen atoms in total. The van der Waals surface area contributed by atoms with Crippen LogP contribution in [0.4, 0.5) is 11.4 Å². The van der Waals surface area contributed by atoms with E-state index in [9.17, 15) is 9.59 Å². The molecule has 2 aromatic rings. The molecule has 0 spiro atoms. The highest BCUT2D eigenvalue weighted by atomic mass is 16.5. The summed E-state index contributed by atoms with van der Waals surface area (Å²) in [5.74, 6) is 0.583. The molecule has 0 aliphatic heterocycles. The fourth-order valence-corrected chi connectivity index (χ4v) is 2.99. The molecule has 0 aromatic heterocycles. The first kappa shape index (κ1) is 17.7. The normalized spacial score (nSPS) is 15.5. The number of hydrogen-bond donors (Lipinski definition) is 2. The van der Waals surface area contributed by atoms with Gasteiger partial charge >= 0.3 is 0 Å². The minimum atomic E-state index is -0.282. The van der Waals surface area contributed by atoms with Crippen molar-refractivity contribution in [3.05, 3.63) is 66.2 Å². The topological polar surface area (TPSA) is 67.4 Å². The Kier molecular flexibility index (Phi) is 5.69. The van der Waals surface area contributed by atoms with Crippen LogP contribution < -0.4 is 15.4 Å². The van der Waals surface area contributed by atoms with Crippen LogP contribution in [0.25, 0.3) is 0 Å². The molecule has 0 saturated carbocycles. The summed E-state index contributed by atoms with van der Waals surface area (Å²) in [6.07, 6.45) is 6.65. The van der Waals surface area contributed by atoms with Crippen LogP contribution in [0, 0.1) is 5.92 Å². The van der Waals surface area contributed by atoms with Gasteiger partial charge in [0.2, 0.25) is 5.91 Å². The molecule has 2 aromatic carbocycles. The van der Waals surface area contributed by atoms with E-state index in [1.165, 1.54) is 0 Å². The third-order valence-corrected chi connectivity index (χ3v) is 4.33. The van der Waals surface area contributed by atoms with E-state index in [1.54, 1.807) is 55.6 Å². The zero-order valence-electron chi connectivity index (χ0n) is 14.7. The van der Waals surface area contributed by atoms with Crippen LogP contribution in [0.3, 0.4) is 0 Å². The van der Waals surface area contributed by atoms with E-state index in [-0.39, 0.29) is 17.7 Å². The molecule has 0 fully saturated rings. The Morgan fingerprint density at radius 2 is 1.96 bits per heavy atom. The molecule has 134 valence electrons. The molecule has 2 N–H and O–H groups in total. The van der Waals surface area contributed by atoms with Crippen LogP contribution in [0.5, 0.6) is 5.75 Å². The second-order valence-electron chi connectivity index (χ2n) is 6.25. The van der Waals surface area contributed by atoms with Gasteiger partial charge in [-0.15, -0.1) is 0 Å². The Balaban J connectivity index is 1.70. The first-order chi connectivity index (χ1) is 12.7. The predicted octanol–water partition coefficient (Wildman–Crippen LogP) is 4.24. The van der Waals surface area contributed by atoms with Gasteiger partial charge in [-0.1, -0.05) is 30.4 Å². The van der Waals surface area contributed by atoms with Crippen molar-refractivity contribution in [2.24, 2.45) is 5.92 Å². The standard InChI is InChI=1S/C21H22N2O3/c1-26-17-10-6-9-16(14-17)22-21(25)18-11-4-5-12-19(18)23-20(24)13-15-7-2-3-8-15/h2,4-7,9-12,14-15H,3,8,13H2,1H3,(H,22,25)(H,23,24). The van der Waals surface area contributed by atoms with Gasteiger partial charge in [0.15, 0.2) is 0 Å². The molecule has 0 radical (unpaired) electrons. The predicted molar refractivity (Wildman–Crippen MR) is 102 cm³/mol. The summed E-state index contributed by atoms with van der Waals surface area (Å²) in [5.41, 5.74) is 1.57. The SMILES string of the molecule is COc1cccc(NC(=O)c2ccccc2NC(=O)CC2C=CCC2)c1. The Morgan fingerprint density at radius 3 is 2.73 bits per heavy atom. The summed E-state index contributed by atoms with van der Waals surface area (Å²) in [5, 5.41) is 5.71. The number of nitrogens with one attached hydrogen (secondary N) is 2. The summed E-state index contributed by atoms with van der Waals surface area (Å²) >= 11 is 0. The molecule has 0 heterocycles. The van der Waals surface area contributed by atoms with E-state index >= 15 is 0 Å². The summed E-state index contributed by atoms with van der Waals surface area (Å²) in [4.78, 5) is 24.9. The molecule has 26 heavy (non-hydrogen) atoms. The van der Waals surface area contributed by atoms with Crippen LogP contribution >= 0.6 is 0 Å². The smallest absolute Gasteiger partial charge is 0.257 e. The van der Waals surface area contributed by atoms with Crippen LogP contribution in [0.1, 0.15) is 29.6 Å². The first-order valence-corrected chi connectivity index (χ1v) is 8.66. The maximum atomic E-state index is 12.6. The second kappa shape index (κ2) is 8.34. The quantitative estimate of drug-likeness (QED) is 0.766. The minimum absolute atomic E-state index is 0.0804. The van der Waals surface area contributed by atoms with Crippen molar-refractivity contribution in [2.75, 3.05) is 17.7 Å². The van der Waals surface area contributed by atoms with Gasteiger partial charge in [-0.05, 0) is 43.0 Å². The largest absolute Gasteiger partial charge is 0.497 e. The van der Waals surface area contributed by atoms with E-state index in [4.69, 9.17) is 4.74 Å². The number of hydrogen-bond acceptors (Lipinski definition) is 3. The lowest BCUT2D eigenvalue weighted by atomic mass is 10.0. The van der Waals surface area contributed by atoms with Crippen molar-refractivity contribution < 1.29 is 14.3 Å². The highest BCUT2D eigenvalue weighted by molar-refractivity contribution is 6.10. The summed E-state index contributed by atoms with van der Waals surface area (Å²) in [6.45, 7) is 0. The number of para-hydroxylation sites is 1. The van der Waals surface area contributed by atoms with E-state index in [2.05, 4.69) is 22.8 Å². The number of carbonyl (C=O) groups is 2. The van der Waals surface area contributed by atoms with Gasteiger partial charge in [-0.3, -0.25) is 9.59 Å². The summed E-state index contributed by atoms with van der Waals surface area (Å²) < 4.78 is 5.17. The Labute approximate surface area is 153 Å². The third kappa shape index (κ3) is 4.51.